The van der Waals surface area contributed by atoms with Crippen LogP contribution in [0.3, 0.4) is 0 Å². The number of nitrogens with two attached hydrogens (primary N) is 1. The smallest absolute Gasteiger partial charge is 0.245 e. The largest absolute Gasteiger partial charge is 0.361 e. The fraction of sp³-hybridized carbons (Fsp3) is 0.385. The number of hydrogen-bond donors (Lipinski definition) is 3. The molecule has 1 aromatic heterocycles. The van der Waals surface area contributed by atoms with E-state index >= 15 is 0 Å². The minimum atomic E-state index is -1.12. The van der Waals surface area contributed by atoms with Crippen molar-refractivity contribution in [2.24, 2.45) is 5.73 Å². The molecule has 0 saturated carbocycles. The molecule has 1 saturated heterocycles. The molecule has 0 radical (unpaired) electrons. The highest BCUT2D eigenvalue weighted by atomic mass is 19.1. The van der Waals surface area contributed by atoms with Crippen LogP contribution >= 0.6 is 0 Å². The number of fused-ring (bicyclic) bond motifs is 1. The zero-order valence-corrected chi connectivity index (χ0v) is 19.1. The van der Waals surface area contributed by atoms with Gasteiger partial charge in [-0.25, -0.2) is 4.39 Å². The SMILES string of the molecule is CC(C)(N)C(=O)N[C@H](Cc1c[nH]c2ccc(F)cc12)C(=O)N1CCC(c2ccccc2)CC1. The van der Waals surface area contributed by atoms with Crippen LogP contribution in [-0.2, 0) is 16.0 Å². The summed E-state index contributed by atoms with van der Waals surface area (Å²) in [6.45, 7) is 4.46. The number of likely N-dealkylation sites (tertiary alicyclic amines) is 1. The number of hydrogen-bond acceptors (Lipinski definition) is 3. The molecular weight excluding hydrogens is 419 g/mol. The molecule has 7 heteroatoms. The summed E-state index contributed by atoms with van der Waals surface area (Å²) in [5.74, 6) is -0.458. The number of aromatic nitrogens is 1. The van der Waals surface area contributed by atoms with Gasteiger partial charge < -0.3 is 20.9 Å². The average Bonchev–Trinajstić information content (AvgIpc) is 3.20. The van der Waals surface area contributed by atoms with Crippen LogP contribution in [0.1, 0.15) is 43.7 Å². The van der Waals surface area contributed by atoms with E-state index in [1.807, 2.05) is 23.1 Å². The third kappa shape index (κ3) is 5.25. The van der Waals surface area contributed by atoms with Gasteiger partial charge in [0.2, 0.25) is 11.8 Å². The zero-order valence-electron chi connectivity index (χ0n) is 19.1. The summed E-state index contributed by atoms with van der Waals surface area (Å²) in [7, 11) is 0. The molecule has 1 aliphatic rings. The fourth-order valence-electron chi connectivity index (χ4n) is 4.46. The number of rotatable bonds is 6. The van der Waals surface area contributed by atoms with Gasteiger partial charge in [-0.05, 0) is 61.9 Å². The van der Waals surface area contributed by atoms with Crippen LogP contribution in [0.5, 0.6) is 0 Å². The van der Waals surface area contributed by atoms with Crippen LogP contribution in [0, 0.1) is 5.82 Å². The monoisotopic (exact) mass is 450 g/mol. The number of piperidine rings is 1. The molecule has 1 aliphatic heterocycles. The lowest BCUT2D eigenvalue weighted by molar-refractivity contribution is -0.138. The Kier molecular flexibility index (Phi) is 6.51. The summed E-state index contributed by atoms with van der Waals surface area (Å²) >= 11 is 0. The maximum atomic E-state index is 13.8. The molecule has 1 fully saturated rings. The lowest BCUT2D eigenvalue weighted by Gasteiger charge is -2.35. The quantitative estimate of drug-likeness (QED) is 0.537. The van der Waals surface area contributed by atoms with Gasteiger partial charge in [-0.15, -0.1) is 0 Å². The molecule has 4 N–H and O–H groups in total. The highest BCUT2D eigenvalue weighted by Crippen LogP contribution is 2.28. The van der Waals surface area contributed by atoms with E-state index in [0.29, 0.717) is 24.4 Å². The van der Waals surface area contributed by atoms with E-state index in [-0.39, 0.29) is 18.1 Å². The molecule has 0 unspecified atom stereocenters. The number of carbonyl (C=O) groups is 2. The van der Waals surface area contributed by atoms with Crippen molar-refractivity contribution in [3.05, 3.63) is 71.7 Å². The van der Waals surface area contributed by atoms with Crippen LogP contribution in [0.2, 0.25) is 0 Å². The normalized spacial score (nSPS) is 16.1. The van der Waals surface area contributed by atoms with Gasteiger partial charge in [0.05, 0.1) is 5.54 Å². The highest BCUT2D eigenvalue weighted by Gasteiger charge is 2.33. The first-order chi connectivity index (χ1) is 15.7. The van der Waals surface area contributed by atoms with Gasteiger partial charge in [-0.1, -0.05) is 30.3 Å². The van der Waals surface area contributed by atoms with Crippen LogP contribution in [0.25, 0.3) is 10.9 Å². The Morgan fingerprint density at radius 1 is 1.18 bits per heavy atom. The summed E-state index contributed by atoms with van der Waals surface area (Å²) in [6, 6.07) is 14.1. The Bertz CT molecular complexity index is 1130. The maximum Gasteiger partial charge on any atom is 0.245 e. The molecule has 2 aromatic carbocycles. The van der Waals surface area contributed by atoms with E-state index < -0.39 is 17.5 Å². The van der Waals surface area contributed by atoms with Crippen molar-refractivity contribution < 1.29 is 14.0 Å². The summed E-state index contributed by atoms with van der Waals surface area (Å²) in [5, 5.41) is 3.56. The van der Waals surface area contributed by atoms with Gasteiger partial charge in [0.1, 0.15) is 11.9 Å². The molecule has 2 amide bonds. The number of benzene rings is 2. The molecule has 3 aromatic rings. The minimum Gasteiger partial charge on any atom is -0.361 e. The van der Waals surface area contributed by atoms with E-state index in [9.17, 15) is 14.0 Å². The van der Waals surface area contributed by atoms with E-state index in [0.717, 1.165) is 23.9 Å². The fourth-order valence-corrected chi connectivity index (χ4v) is 4.46. The van der Waals surface area contributed by atoms with Crippen molar-refractivity contribution in [3.8, 4) is 0 Å². The van der Waals surface area contributed by atoms with Crippen molar-refractivity contribution in [2.75, 3.05) is 13.1 Å². The van der Waals surface area contributed by atoms with Gasteiger partial charge in [0, 0.05) is 36.6 Å². The first-order valence-corrected chi connectivity index (χ1v) is 11.4. The van der Waals surface area contributed by atoms with Crippen molar-refractivity contribution in [1.29, 1.82) is 0 Å². The first kappa shape index (κ1) is 23.0. The average molecular weight is 451 g/mol. The van der Waals surface area contributed by atoms with Gasteiger partial charge in [0.15, 0.2) is 0 Å². The Morgan fingerprint density at radius 3 is 2.55 bits per heavy atom. The number of halogens is 1. The third-order valence-electron chi connectivity index (χ3n) is 6.42. The number of nitrogens with one attached hydrogen (secondary N) is 2. The lowest BCUT2D eigenvalue weighted by Crippen LogP contribution is -2.57. The van der Waals surface area contributed by atoms with Crippen molar-refractivity contribution in [1.82, 2.24) is 15.2 Å². The Balaban J connectivity index is 1.52. The van der Waals surface area contributed by atoms with Crippen LogP contribution < -0.4 is 11.1 Å². The molecule has 0 bridgehead atoms. The molecule has 2 heterocycles. The second-order valence-electron chi connectivity index (χ2n) is 9.47. The molecule has 4 rings (SSSR count). The number of carbonyl (C=O) groups excluding carboxylic acids is 2. The first-order valence-electron chi connectivity index (χ1n) is 11.4. The molecule has 1 atom stereocenters. The molecule has 33 heavy (non-hydrogen) atoms. The van der Waals surface area contributed by atoms with Crippen LogP contribution in [-0.4, -0.2) is 46.4 Å². The maximum absolute atomic E-state index is 13.8. The Labute approximate surface area is 193 Å². The van der Waals surface area contributed by atoms with Crippen molar-refractivity contribution >= 4 is 22.7 Å². The summed E-state index contributed by atoms with van der Waals surface area (Å²) in [5.41, 5.74) is 7.71. The standard InChI is InChI=1S/C26H31FN4O2/c1-26(2,28)25(33)30-23(14-19-16-29-22-9-8-20(27)15-21(19)22)24(32)31-12-10-18(11-13-31)17-6-4-3-5-7-17/h3-9,15-16,18,23,29H,10-14,28H2,1-2H3,(H,30,33)/t23-/m1/s1. The van der Waals surface area contributed by atoms with E-state index in [2.05, 4.69) is 22.4 Å². The van der Waals surface area contributed by atoms with E-state index in [1.54, 1.807) is 26.1 Å². The second kappa shape index (κ2) is 9.35. The molecule has 6 nitrogen and oxygen atoms in total. The number of aromatic amines is 1. The van der Waals surface area contributed by atoms with Gasteiger partial charge >= 0.3 is 0 Å². The van der Waals surface area contributed by atoms with Crippen LogP contribution in [0.4, 0.5) is 4.39 Å². The Morgan fingerprint density at radius 2 is 1.88 bits per heavy atom. The molecule has 0 aliphatic carbocycles. The molecular formula is C26H31FN4O2. The second-order valence-corrected chi connectivity index (χ2v) is 9.47. The third-order valence-corrected chi connectivity index (χ3v) is 6.42. The summed E-state index contributed by atoms with van der Waals surface area (Å²) < 4.78 is 13.8. The predicted octanol–water partition coefficient (Wildman–Crippen LogP) is 3.48. The molecule has 174 valence electrons. The highest BCUT2D eigenvalue weighted by molar-refractivity contribution is 5.92. The minimum absolute atomic E-state index is 0.134. The predicted molar refractivity (Wildman–Crippen MR) is 127 cm³/mol. The summed E-state index contributed by atoms with van der Waals surface area (Å²) in [4.78, 5) is 31.1. The van der Waals surface area contributed by atoms with Gasteiger partial charge in [-0.2, -0.15) is 0 Å². The van der Waals surface area contributed by atoms with Crippen molar-refractivity contribution in [3.63, 3.8) is 0 Å². The zero-order chi connectivity index (χ0) is 23.6. The topological polar surface area (TPSA) is 91.2 Å². The van der Waals surface area contributed by atoms with Gasteiger partial charge in [-0.3, -0.25) is 9.59 Å². The number of H-pyrrole nitrogens is 1. The van der Waals surface area contributed by atoms with Crippen LogP contribution in [0.15, 0.2) is 54.7 Å². The molecule has 0 spiro atoms. The summed E-state index contributed by atoms with van der Waals surface area (Å²) in [6.07, 6.45) is 3.77. The van der Waals surface area contributed by atoms with Crippen molar-refractivity contribution in [2.45, 2.75) is 50.6 Å². The number of amides is 2. The van der Waals surface area contributed by atoms with E-state index in [1.165, 1.54) is 17.7 Å². The lowest BCUT2D eigenvalue weighted by atomic mass is 9.89. The van der Waals surface area contributed by atoms with Gasteiger partial charge in [0.25, 0.3) is 0 Å². The Hall–Kier alpha value is -3.19. The van der Waals surface area contributed by atoms with E-state index in [4.69, 9.17) is 5.73 Å². The number of nitrogens with zero attached hydrogens (tertiary/aromatic N) is 1.